The average molecular weight is 635 g/mol. The molecule has 0 unspecified atom stereocenters. The summed E-state index contributed by atoms with van der Waals surface area (Å²) in [6.07, 6.45) is 1.40. The number of carbonyl (C=O) groups excluding carboxylic acids is 3. The molecule has 2 heterocycles. The molecule has 0 bridgehead atoms. The molecule has 36 heavy (non-hydrogen) atoms. The maximum absolute atomic E-state index is 13.2. The molecule has 0 aliphatic carbocycles. The molecule has 2 aliphatic heterocycles. The fraction of sp³-hybridized carbons (Fsp3) is 0.0800. The highest BCUT2D eigenvalue weighted by Crippen LogP contribution is 2.38. The molecule has 1 saturated heterocycles. The number of rotatable bonds is 5. The fourth-order valence-electron chi connectivity index (χ4n) is 3.65. The molecule has 182 valence electrons. The van der Waals surface area contributed by atoms with Crippen molar-refractivity contribution in [1.29, 1.82) is 0 Å². The number of fused-ring (bicyclic) bond motifs is 1. The summed E-state index contributed by atoms with van der Waals surface area (Å²) >= 11 is 13.2. The van der Waals surface area contributed by atoms with Crippen LogP contribution in [-0.2, 0) is 16.2 Å². The Bertz CT molecular complexity index is 1440. The van der Waals surface area contributed by atoms with E-state index in [9.17, 15) is 14.4 Å². The summed E-state index contributed by atoms with van der Waals surface area (Å²) in [4.78, 5) is 39.2. The monoisotopic (exact) mass is 632 g/mol. The van der Waals surface area contributed by atoms with Gasteiger partial charge < -0.3 is 14.2 Å². The lowest BCUT2D eigenvalue weighted by Gasteiger charge is -2.26. The van der Waals surface area contributed by atoms with Crippen molar-refractivity contribution in [2.24, 2.45) is 0 Å². The molecular formula is C25H15Br2ClN2O6. The van der Waals surface area contributed by atoms with Crippen molar-refractivity contribution < 1.29 is 28.6 Å². The molecule has 0 spiro atoms. The van der Waals surface area contributed by atoms with Crippen molar-refractivity contribution in [2.45, 2.75) is 6.61 Å². The van der Waals surface area contributed by atoms with E-state index in [0.29, 0.717) is 36.8 Å². The highest BCUT2D eigenvalue weighted by Gasteiger charge is 2.37. The second-order valence-electron chi connectivity index (χ2n) is 7.69. The van der Waals surface area contributed by atoms with E-state index in [1.807, 2.05) is 18.2 Å². The van der Waals surface area contributed by atoms with E-state index in [-0.39, 0.29) is 24.7 Å². The third-order valence-electron chi connectivity index (χ3n) is 5.38. The third-order valence-corrected chi connectivity index (χ3v) is 6.92. The predicted octanol–water partition coefficient (Wildman–Crippen LogP) is 5.84. The van der Waals surface area contributed by atoms with Crippen molar-refractivity contribution in [3.8, 4) is 17.2 Å². The Morgan fingerprint density at radius 2 is 1.72 bits per heavy atom. The van der Waals surface area contributed by atoms with Crippen molar-refractivity contribution >= 4 is 73.1 Å². The van der Waals surface area contributed by atoms with Gasteiger partial charge in [-0.15, -0.1) is 0 Å². The molecule has 1 N–H and O–H groups in total. The molecule has 0 atom stereocenters. The highest BCUT2D eigenvalue weighted by molar-refractivity contribution is 9.11. The number of anilines is 1. The van der Waals surface area contributed by atoms with Gasteiger partial charge in [0.1, 0.15) is 17.9 Å². The first kappa shape index (κ1) is 24.4. The summed E-state index contributed by atoms with van der Waals surface area (Å²) in [6, 6.07) is 14.5. The second-order valence-corrected chi connectivity index (χ2v) is 9.81. The van der Waals surface area contributed by atoms with Gasteiger partial charge in [-0.25, -0.2) is 9.69 Å². The van der Waals surface area contributed by atoms with Crippen LogP contribution in [0.1, 0.15) is 11.1 Å². The van der Waals surface area contributed by atoms with E-state index < -0.39 is 17.8 Å². The van der Waals surface area contributed by atoms with Crippen LogP contribution in [0.3, 0.4) is 0 Å². The van der Waals surface area contributed by atoms with Gasteiger partial charge in [-0.1, -0.05) is 29.8 Å². The van der Waals surface area contributed by atoms with Gasteiger partial charge in [-0.2, -0.15) is 0 Å². The SMILES string of the molecule is O=C1NC(=O)N(c2ccc3c(c2)OCO3)C(=O)/C1=C/c1cc(Br)c(OCc2ccccc2Cl)c(Br)c1. The van der Waals surface area contributed by atoms with E-state index in [4.69, 9.17) is 25.8 Å². The molecule has 4 amide bonds. The molecule has 3 aromatic rings. The Balaban J connectivity index is 1.42. The minimum atomic E-state index is -0.855. The van der Waals surface area contributed by atoms with Crippen LogP contribution in [0.25, 0.3) is 6.08 Å². The van der Waals surface area contributed by atoms with Crippen LogP contribution >= 0.6 is 43.5 Å². The van der Waals surface area contributed by atoms with Crippen LogP contribution < -0.4 is 24.4 Å². The minimum absolute atomic E-state index is 0.0461. The van der Waals surface area contributed by atoms with Crippen molar-refractivity contribution in [1.82, 2.24) is 5.32 Å². The Kier molecular flexibility index (Phi) is 6.74. The standard InChI is InChI=1S/C25H15Br2ClN2O6/c26-17-8-13(9-18(27)22(17)34-11-14-3-1-2-4-19(14)28)7-16-23(31)29-25(33)30(24(16)32)15-5-6-20-21(10-15)36-12-35-20/h1-10H,11-12H2,(H,29,31,33)/b16-7+. The number of halogens is 3. The molecule has 0 radical (unpaired) electrons. The highest BCUT2D eigenvalue weighted by atomic mass is 79.9. The number of hydrogen-bond acceptors (Lipinski definition) is 6. The number of nitrogens with zero attached hydrogens (tertiary/aromatic N) is 1. The summed E-state index contributed by atoms with van der Waals surface area (Å²) in [5, 5.41) is 2.80. The Morgan fingerprint density at radius 1 is 1.00 bits per heavy atom. The third kappa shape index (κ3) is 4.71. The number of imide groups is 2. The normalized spacial score (nSPS) is 15.9. The van der Waals surface area contributed by atoms with E-state index in [1.54, 1.807) is 24.3 Å². The molecule has 1 fully saturated rings. The number of barbiturate groups is 1. The van der Waals surface area contributed by atoms with Crippen LogP contribution in [0.4, 0.5) is 10.5 Å². The molecule has 5 rings (SSSR count). The maximum atomic E-state index is 13.2. The molecule has 2 aliphatic rings. The quantitative estimate of drug-likeness (QED) is 0.280. The number of ether oxygens (including phenoxy) is 3. The van der Waals surface area contributed by atoms with Crippen molar-refractivity contribution in [3.63, 3.8) is 0 Å². The largest absolute Gasteiger partial charge is 0.486 e. The van der Waals surface area contributed by atoms with Crippen LogP contribution in [0.5, 0.6) is 17.2 Å². The number of carbonyl (C=O) groups is 3. The number of benzene rings is 3. The van der Waals surface area contributed by atoms with Gasteiger partial charge in [-0.3, -0.25) is 14.9 Å². The first-order chi connectivity index (χ1) is 17.3. The number of hydrogen-bond donors (Lipinski definition) is 1. The zero-order chi connectivity index (χ0) is 25.4. The lowest BCUT2D eigenvalue weighted by molar-refractivity contribution is -0.122. The smallest absolute Gasteiger partial charge is 0.335 e. The lowest BCUT2D eigenvalue weighted by atomic mass is 10.1. The summed E-state index contributed by atoms with van der Waals surface area (Å²) < 4.78 is 17.7. The molecule has 3 aromatic carbocycles. The van der Waals surface area contributed by atoms with Crippen LogP contribution in [-0.4, -0.2) is 24.6 Å². The fourth-order valence-corrected chi connectivity index (χ4v) is 5.29. The second kappa shape index (κ2) is 9.96. The van der Waals surface area contributed by atoms with E-state index in [0.717, 1.165) is 10.5 Å². The van der Waals surface area contributed by atoms with Gasteiger partial charge in [0.05, 0.1) is 14.6 Å². The van der Waals surface area contributed by atoms with Gasteiger partial charge in [0.25, 0.3) is 11.8 Å². The Morgan fingerprint density at radius 3 is 2.47 bits per heavy atom. The molecule has 8 nitrogen and oxygen atoms in total. The number of nitrogens with one attached hydrogen (secondary N) is 1. The zero-order valence-corrected chi connectivity index (χ0v) is 22.1. The summed E-state index contributed by atoms with van der Waals surface area (Å²) in [5.74, 6) is -0.145. The number of amides is 4. The van der Waals surface area contributed by atoms with Crippen molar-refractivity contribution in [2.75, 3.05) is 11.7 Å². The minimum Gasteiger partial charge on any atom is -0.486 e. The maximum Gasteiger partial charge on any atom is 0.335 e. The van der Waals surface area contributed by atoms with Gasteiger partial charge in [0.15, 0.2) is 11.5 Å². The summed E-state index contributed by atoms with van der Waals surface area (Å²) in [7, 11) is 0. The lowest BCUT2D eigenvalue weighted by Crippen LogP contribution is -2.54. The van der Waals surface area contributed by atoms with Gasteiger partial charge in [0.2, 0.25) is 6.79 Å². The Labute approximate surface area is 227 Å². The van der Waals surface area contributed by atoms with Crippen LogP contribution in [0.15, 0.2) is 69.1 Å². The summed E-state index contributed by atoms with van der Waals surface area (Å²) in [5.41, 5.74) is 1.38. The van der Waals surface area contributed by atoms with Crippen LogP contribution in [0, 0.1) is 0 Å². The van der Waals surface area contributed by atoms with Gasteiger partial charge >= 0.3 is 6.03 Å². The average Bonchev–Trinajstić information content (AvgIpc) is 3.30. The summed E-state index contributed by atoms with van der Waals surface area (Å²) in [6.45, 7) is 0.287. The van der Waals surface area contributed by atoms with Crippen LogP contribution in [0.2, 0.25) is 5.02 Å². The first-order valence-corrected chi connectivity index (χ1v) is 12.4. The van der Waals surface area contributed by atoms with E-state index >= 15 is 0 Å². The topological polar surface area (TPSA) is 94.2 Å². The number of urea groups is 1. The first-order valence-electron chi connectivity index (χ1n) is 10.5. The van der Waals surface area contributed by atoms with Crippen molar-refractivity contribution in [3.05, 3.63) is 85.3 Å². The molecule has 0 saturated carbocycles. The zero-order valence-electron chi connectivity index (χ0n) is 18.2. The predicted molar refractivity (Wildman–Crippen MR) is 139 cm³/mol. The molecule has 11 heteroatoms. The molecular weight excluding hydrogens is 620 g/mol. The Hall–Kier alpha value is -3.34. The van der Waals surface area contributed by atoms with Gasteiger partial charge in [0, 0.05) is 16.7 Å². The molecule has 0 aromatic heterocycles. The van der Waals surface area contributed by atoms with Gasteiger partial charge in [-0.05, 0) is 73.8 Å². The van der Waals surface area contributed by atoms with E-state index in [1.165, 1.54) is 18.2 Å². The van der Waals surface area contributed by atoms with E-state index in [2.05, 4.69) is 37.2 Å².